The van der Waals surface area contributed by atoms with Gasteiger partial charge in [0, 0.05) is 19.6 Å². The largest absolute Gasteiger partial charge is 0.356 e. The summed E-state index contributed by atoms with van der Waals surface area (Å²) in [4.78, 5) is 11.1. The van der Waals surface area contributed by atoms with Crippen molar-refractivity contribution in [3.63, 3.8) is 0 Å². The first-order valence-corrected chi connectivity index (χ1v) is 6.08. The summed E-state index contributed by atoms with van der Waals surface area (Å²) in [6, 6.07) is 0. The molecule has 0 saturated carbocycles. The Bertz CT molecular complexity index is 284. The van der Waals surface area contributed by atoms with Crippen molar-refractivity contribution in [3.05, 3.63) is 18.1 Å². The van der Waals surface area contributed by atoms with Crippen molar-refractivity contribution in [1.29, 1.82) is 0 Å². The number of nitrogens with zero attached hydrogens (tertiary/aromatic N) is 3. The average Bonchev–Trinajstić information content (AvgIpc) is 2.34. The van der Waals surface area contributed by atoms with Crippen molar-refractivity contribution >= 4 is 5.82 Å². The Morgan fingerprint density at radius 2 is 2.00 bits per heavy atom. The molecule has 0 saturated heterocycles. The van der Waals surface area contributed by atoms with E-state index in [0.717, 1.165) is 44.1 Å². The van der Waals surface area contributed by atoms with E-state index in [1.165, 1.54) is 0 Å². The molecule has 1 aromatic heterocycles. The summed E-state index contributed by atoms with van der Waals surface area (Å²) in [7, 11) is 0. The molecule has 1 N–H and O–H groups in total. The second kappa shape index (κ2) is 7.17. The van der Waals surface area contributed by atoms with Gasteiger partial charge in [0.05, 0.1) is 18.1 Å². The molecule has 16 heavy (non-hydrogen) atoms. The maximum atomic E-state index is 4.44. The van der Waals surface area contributed by atoms with Crippen molar-refractivity contribution in [2.45, 2.75) is 33.7 Å². The second-order valence-corrected chi connectivity index (χ2v) is 3.73. The van der Waals surface area contributed by atoms with Crippen LogP contribution in [0.3, 0.4) is 0 Å². The maximum Gasteiger partial charge on any atom is 0.147 e. The van der Waals surface area contributed by atoms with E-state index in [1.54, 1.807) is 0 Å². The predicted octanol–water partition coefficient (Wildman–Crippen LogP) is 1.82. The minimum atomic E-state index is 0.795. The molecule has 0 aliphatic rings. The molecule has 0 spiro atoms. The van der Waals surface area contributed by atoms with Gasteiger partial charge < -0.3 is 10.2 Å². The van der Waals surface area contributed by atoms with E-state index in [1.807, 2.05) is 12.4 Å². The van der Waals surface area contributed by atoms with Crippen LogP contribution >= 0.6 is 0 Å². The third-order valence-electron chi connectivity index (χ3n) is 2.45. The van der Waals surface area contributed by atoms with Crippen LogP contribution in [0.4, 0.5) is 5.82 Å². The average molecular weight is 222 g/mol. The van der Waals surface area contributed by atoms with Crippen molar-refractivity contribution in [2.75, 3.05) is 24.5 Å². The highest BCUT2D eigenvalue weighted by molar-refractivity contribution is 5.35. The van der Waals surface area contributed by atoms with E-state index in [9.17, 15) is 0 Å². The van der Waals surface area contributed by atoms with E-state index in [0.29, 0.717) is 0 Å². The first-order valence-electron chi connectivity index (χ1n) is 6.08. The number of hydrogen-bond donors (Lipinski definition) is 1. The molecule has 0 bridgehead atoms. The van der Waals surface area contributed by atoms with Crippen molar-refractivity contribution < 1.29 is 0 Å². The Balaban J connectivity index is 2.61. The van der Waals surface area contributed by atoms with Gasteiger partial charge in [-0.05, 0) is 19.9 Å². The van der Waals surface area contributed by atoms with Gasteiger partial charge in [0.2, 0.25) is 0 Å². The lowest BCUT2D eigenvalue weighted by Gasteiger charge is -2.20. The number of nitrogens with one attached hydrogen (secondary N) is 1. The van der Waals surface area contributed by atoms with Crippen LogP contribution in [0.15, 0.2) is 12.4 Å². The van der Waals surface area contributed by atoms with Crippen LogP contribution in [0.2, 0.25) is 0 Å². The van der Waals surface area contributed by atoms with Crippen LogP contribution in [-0.2, 0) is 6.54 Å². The third kappa shape index (κ3) is 3.77. The first-order chi connectivity index (χ1) is 7.81. The highest BCUT2D eigenvalue weighted by atomic mass is 15.2. The summed E-state index contributed by atoms with van der Waals surface area (Å²) in [5.74, 6) is 0.976. The molecular formula is C12H22N4. The zero-order valence-corrected chi connectivity index (χ0v) is 10.5. The SMILES string of the molecule is CCCN(CC)c1cnc(CNCC)cn1. The maximum absolute atomic E-state index is 4.44. The van der Waals surface area contributed by atoms with Crippen molar-refractivity contribution in [2.24, 2.45) is 0 Å². The number of aromatic nitrogens is 2. The van der Waals surface area contributed by atoms with Gasteiger partial charge in [-0.2, -0.15) is 0 Å². The summed E-state index contributed by atoms with van der Waals surface area (Å²) in [6.45, 7) is 10.2. The molecule has 0 atom stereocenters. The summed E-state index contributed by atoms with van der Waals surface area (Å²) in [5, 5.41) is 3.24. The minimum absolute atomic E-state index is 0.795. The fourth-order valence-electron chi connectivity index (χ4n) is 1.56. The van der Waals surface area contributed by atoms with E-state index >= 15 is 0 Å². The van der Waals surface area contributed by atoms with Gasteiger partial charge in [-0.15, -0.1) is 0 Å². The van der Waals surface area contributed by atoms with Gasteiger partial charge in [0.15, 0.2) is 0 Å². The number of hydrogen-bond acceptors (Lipinski definition) is 4. The Morgan fingerprint density at radius 3 is 2.50 bits per heavy atom. The summed E-state index contributed by atoms with van der Waals surface area (Å²) in [5.41, 5.74) is 0.998. The van der Waals surface area contributed by atoms with Crippen molar-refractivity contribution in [3.8, 4) is 0 Å². The number of anilines is 1. The van der Waals surface area contributed by atoms with Crippen LogP contribution in [-0.4, -0.2) is 29.6 Å². The Labute approximate surface area is 98.1 Å². The lowest BCUT2D eigenvalue weighted by atomic mass is 10.4. The monoisotopic (exact) mass is 222 g/mol. The van der Waals surface area contributed by atoms with Gasteiger partial charge in [0.25, 0.3) is 0 Å². The molecule has 0 radical (unpaired) electrons. The molecule has 0 aromatic carbocycles. The molecule has 0 amide bonds. The second-order valence-electron chi connectivity index (χ2n) is 3.73. The van der Waals surface area contributed by atoms with Gasteiger partial charge in [-0.1, -0.05) is 13.8 Å². The predicted molar refractivity (Wildman–Crippen MR) is 67.6 cm³/mol. The fourth-order valence-corrected chi connectivity index (χ4v) is 1.56. The first kappa shape index (κ1) is 12.9. The van der Waals surface area contributed by atoms with Gasteiger partial charge >= 0.3 is 0 Å². The van der Waals surface area contributed by atoms with E-state index < -0.39 is 0 Å². The van der Waals surface area contributed by atoms with Crippen LogP contribution < -0.4 is 10.2 Å². The standard InChI is InChI=1S/C12H22N4/c1-4-7-16(6-3)12-10-14-11(9-15-12)8-13-5-2/h9-10,13H,4-8H2,1-3H3. The topological polar surface area (TPSA) is 41.1 Å². The van der Waals surface area contributed by atoms with Gasteiger partial charge in [-0.3, -0.25) is 4.98 Å². The molecule has 90 valence electrons. The zero-order valence-electron chi connectivity index (χ0n) is 10.5. The zero-order chi connectivity index (χ0) is 11.8. The minimum Gasteiger partial charge on any atom is -0.356 e. The quantitative estimate of drug-likeness (QED) is 0.764. The molecule has 0 aliphatic heterocycles. The fraction of sp³-hybridized carbons (Fsp3) is 0.667. The van der Waals surface area contributed by atoms with E-state index in [4.69, 9.17) is 0 Å². The molecule has 0 unspecified atom stereocenters. The van der Waals surface area contributed by atoms with Crippen molar-refractivity contribution in [1.82, 2.24) is 15.3 Å². The van der Waals surface area contributed by atoms with E-state index in [-0.39, 0.29) is 0 Å². The molecule has 4 nitrogen and oxygen atoms in total. The van der Waals surface area contributed by atoms with Crippen LogP contribution in [0.5, 0.6) is 0 Å². The lowest BCUT2D eigenvalue weighted by molar-refractivity contribution is 0.703. The van der Waals surface area contributed by atoms with Gasteiger partial charge in [-0.25, -0.2) is 4.98 Å². The lowest BCUT2D eigenvalue weighted by Crippen LogP contribution is -2.24. The molecule has 1 rings (SSSR count). The Hall–Kier alpha value is -1.16. The summed E-state index contributed by atoms with van der Waals surface area (Å²) >= 11 is 0. The summed E-state index contributed by atoms with van der Waals surface area (Å²) < 4.78 is 0. The normalized spacial score (nSPS) is 10.4. The highest BCUT2D eigenvalue weighted by Gasteiger charge is 2.04. The van der Waals surface area contributed by atoms with Crippen LogP contribution in [0.1, 0.15) is 32.9 Å². The van der Waals surface area contributed by atoms with E-state index in [2.05, 4.69) is 41.0 Å². The Morgan fingerprint density at radius 1 is 1.19 bits per heavy atom. The molecule has 4 heteroatoms. The summed E-state index contributed by atoms with van der Waals surface area (Å²) in [6.07, 6.45) is 4.86. The molecule has 1 heterocycles. The molecular weight excluding hydrogens is 200 g/mol. The number of rotatable bonds is 7. The molecule has 0 fully saturated rings. The van der Waals surface area contributed by atoms with Gasteiger partial charge in [0.1, 0.15) is 5.82 Å². The highest BCUT2D eigenvalue weighted by Crippen LogP contribution is 2.08. The Kier molecular flexibility index (Phi) is 5.78. The van der Waals surface area contributed by atoms with Crippen LogP contribution in [0.25, 0.3) is 0 Å². The molecule has 0 aliphatic carbocycles. The van der Waals surface area contributed by atoms with Crippen LogP contribution in [0, 0.1) is 0 Å². The third-order valence-corrected chi connectivity index (χ3v) is 2.45. The molecule has 1 aromatic rings. The smallest absolute Gasteiger partial charge is 0.147 e.